The number of carboxylic acids is 1. The third-order valence-electron chi connectivity index (χ3n) is 2.52. The molecule has 0 aromatic carbocycles. The van der Waals surface area contributed by atoms with Gasteiger partial charge in [0.05, 0.1) is 5.92 Å². The molecule has 2 unspecified atom stereocenters. The monoisotopic (exact) mass is 188 g/mol. The Kier molecular flexibility index (Phi) is 3.92. The summed E-state index contributed by atoms with van der Waals surface area (Å²) in [7, 11) is 0. The van der Waals surface area contributed by atoms with Gasteiger partial charge in [0, 0.05) is 0 Å². The molecule has 1 N–H and O–H groups in total. The molecule has 70 valence electrons. The fourth-order valence-corrected chi connectivity index (χ4v) is 3.03. The number of rotatable bonds is 3. The summed E-state index contributed by atoms with van der Waals surface area (Å²) in [6.45, 7) is 1.97. The molecular weight excluding hydrogens is 172 g/mol. The van der Waals surface area contributed by atoms with Gasteiger partial charge in [-0.3, -0.25) is 4.79 Å². The van der Waals surface area contributed by atoms with E-state index >= 15 is 0 Å². The summed E-state index contributed by atoms with van der Waals surface area (Å²) in [5.41, 5.74) is 0. The van der Waals surface area contributed by atoms with Crippen LogP contribution in [0.3, 0.4) is 0 Å². The van der Waals surface area contributed by atoms with Crippen LogP contribution in [0.25, 0.3) is 0 Å². The fourth-order valence-electron chi connectivity index (χ4n) is 1.79. The molecule has 0 spiro atoms. The number of hydrogen-bond donors (Lipinski definition) is 1. The van der Waals surface area contributed by atoms with Crippen molar-refractivity contribution >= 4 is 17.7 Å². The Balaban J connectivity index is 2.46. The first kappa shape index (κ1) is 9.90. The molecule has 0 aromatic heterocycles. The van der Waals surface area contributed by atoms with Crippen LogP contribution in [0, 0.1) is 11.8 Å². The second-order valence-electron chi connectivity index (χ2n) is 3.33. The number of aliphatic carboxylic acids is 1. The van der Waals surface area contributed by atoms with Crippen molar-refractivity contribution < 1.29 is 9.90 Å². The third kappa shape index (κ3) is 2.41. The standard InChI is InChI=1S/C9H16O2S/c1-2-8(9(10)11)7-4-3-5-12-6-7/h7-8H,2-6H2,1H3,(H,10,11). The van der Waals surface area contributed by atoms with E-state index in [1.165, 1.54) is 12.2 Å². The Morgan fingerprint density at radius 3 is 2.92 bits per heavy atom. The highest BCUT2D eigenvalue weighted by atomic mass is 32.2. The lowest BCUT2D eigenvalue weighted by Crippen LogP contribution is -2.26. The predicted molar refractivity (Wildman–Crippen MR) is 51.5 cm³/mol. The Morgan fingerprint density at radius 2 is 2.50 bits per heavy atom. The first-order valence-electron chi connectivity index (χ1n) is 4.56. The SMILES string of the molecule is CCC(C(=O)O)C1CCCSC1. The second kappa shape index (κ2) is 4.75. The van der Waals surface area contributed by atoms with Crippen molar-refractivity contribution in [3.05, 3.63) is 0 Å². The van der Waals surface area contributed by atoms with Crippen molar-refractivity contribution in [2.75, 3.05) is 11.5 Å². The van der Waals surface area contributed by atoms with E-state index in [1.807, 2.05) is 18.7 Å². The molecule has 0 aromatic rings. The van der Waals surface area contributed by atoms with Gasteiger partial charge in [-0.15, -0.1) is 0 Å². The molecule has 0 saturated carbocycles. The highest BCUT2D eigenvalue weighted by Crippen LogP contribution is 2.30. The molecule has 1 heterocycles. The van der Waals surface area contributed by atoms with E-state index in [0.717, 1.165) is 18.6 Å². The molecule has 0 amide bonds. The normalized spacial score (nSPS) is 26.6. The summed E-state index contributed by atoms with van der Waals surface area (Å²) in [5, 5.41) is 8.92. The quantitative estimate of drug-likeness (QED) is 0.738. The van der Waals surface area contributed by atoms with Gasteiger partial charge in [0.1, 0.15) is 0 Å². The van der Waals surface area contributed by atoms with Crippen LogP contribution in [0.15, 0.2) is 0 Å². The van der Waals surface area contributed by atoms with Crippen molar-refractivity contribution in [2.24, 2.45) is 11.8 Å². The van der Waals surface area contributed by atoms with E-state index in [4.69, 9.17) is 5.11 Å². The topological polar surface area (TPSA) is 37.3 Å². The summed E-state index contributed by atoms with van der Waals surface area (Å²) in [4.78, 5) is 10.8. The second-order valence-corrected chi connectivity index (χ2v) is 4.48. The van der Waals surface area contributed by atoms with E-state index in [0.29, 0.717) is 5.92 Å². The van der Waals surface area contributed by atoms with E-state index in [1.54, 1.807) is 0 Å². The van der Waals surface area contributed by atoms with Crippen LogP contribution in [-0.2, 0) is 4.79 Å². The highest BCUT2D eigenvalue weighted by molar-refractivity contribution is 7.99. The zero-order valence-electron chi connectivity index (χ0n) is 7.45. The molecule has 0 aliphatic carbocycles. The largest absolute Gasteiger partial charge is 0.481 e. The average Bonchev–Trinajstić information content (AvgIpc) is 2.07. The van der Waals surface area contributed by atoms with Crippen LogP contribution in [0.2, 0.25) is 0 Å². The summed E-state index contributed by atoms with van der Waals surface area (Å²) < 4.78 is 0. The molecule has 2 atom stereocenters. The van der Waals surface area contributed by atoms with Gasteiger partial charge in [0.25, 0.3) is 0 Å². The molecule has 12 heavy (non-hydrogen) atoms. The molecule has 0 radical (unpaired) electrons. The van der Waals surface area contributed by atoms with Crippen molar-refractivity contribution in [1.82, 2.24) is 0 Å². The van der Waals surface area contributed by atoms with Gasteiger partial charge in [-0.25, -0.2) is 0 Å². The summed E-state index contributed by atoms with van der Waals surface area (Å²) in [6, 6.07) is 0. The number of thioether (sulfide) groups is 1. The van der Waals surface area contributed by atoms with Gasteiger partial charge >= 0.3 is 5.97 Å². The summed E-state index contributed by atoms with van der Waals surface area (Å²) in [6.07, 6.45) is 3.08. The lowest BCUT2D eigenvalue weighted by atomic mass is 9.88. The number of carbonyl (C=O) groups is 1. The molecule has 1 aliphatic heterocycles. The molecule has 1 aliphatic rings. The zero-order valence-corrected chi connectivity index (χ0v) is 8.27. The van der Waals surface area contributed by atoms with E-state index < -0.39 is 5.97 Å². The van der Waals surface area contributed by atoms with Crippen LogP contribution >= 0.6 is 11.8 Å². The predicted octanol–water partition coefficient (Wildman–Crippen LogP) is 2.24. The molecule has 1 fully saturated rings. The lowest BCUT2D eigenvalue weighted by Gasteiger charge is -2.26. The third-order valence-corrected chi connectivity index (χ3v) is 3.76. The van der Waals surface area contributed by atoms with Crippen molar-refractivity contribution in [3.63, 3.8) is 0 Å². The minimum absolute atomic E-state index is 0.0993. The molecule has 1 saturated heterocycles. The van der Waals surface area contributed by atoms with E-state index in [-0.39, 0.29) is 5.92 Å². The van der Waals surface area contributed by atoms with Crippen LogP contribution in [-0.4, -0.2) is 22.6 Å². The Hall–Kier alpha value is -0.180. The highest BCUT2D eigenvalue weighted by Gasteiger charge is 2.27. The van der Waals surface area contributed by atoms with Gasteiger partial charge in [0.2, 0.25) is 0 Å². The first-order valence-corrected chi connectivity index (χ1v) is 5.71. The Morgan fingerprint density at radius 1 is 1.75 bits per heavy atom. The average molecular weight is 188 g/mol. The van der Waals surface area contributed by atoms with Gasteiger partial charge in [-0.1, -0.05) is 6.92 Å². The van der Waals surface area contributed by atoms with Gasteiger partial charge < -0.3 is 5.11 Å². The molecular formula is C9H16O2S. The maximum absolute atomic E-state index is 10.8. The van der Waals surface area contributed by atoms with Gasteiger partial charge in [0.15, 0.2) is 0 Å². The summed E-state index contributed by atoms with van der Waals surface area (Å²) in [5.74, 6) is 1.98. The minimum Gasteiger partial charge on any atom is -0.481 e. The smallest absolute Gasteiger partial charge is 0.306 e. The molecule has 3 heteroatoms. The zero-order chi connectivity index (χ0) is 8.97. The lowest BCUT2D eigenvalue weighted by molar-refractivity contribution is -0.143. The van der Waals surface area contributed by atoms with Crippen LogP contribution in [0.5, 0.6) is 0 Å². The maximum atomic E-state index is 10.8. The van der Waals surface area contributed by atoms with Crippen LogP contribution < -0.4 is 0 Å². The molecule has 2 nitrogen and oxygen atoms in total. The van der Waals surface area contributed by atoms with Crippen molar-refractivity contribution in [2.45, 2.75) is 26.2 Å². The fraction of sp³-hybridized carbons (Fsp3) is 0.889. The van der Waals surface area contributed by atoms with Crippen molar-refractivity contribution in [1.29, 1.82) is 0 Å². The van der Waals surface area contributed by atoms with E-state index in [9.17, 15) is 4.79 Å². The Bertz CT molecular complexity index is 153. The number of carboxylic acid groups (broad SMARTS) is 1. The number of hydrogen-bond acceptors (Lipinski definition) is 2. The Labute approximate surface area is 77.7 Å². The maximum Gasteiger partial charge on any atom is 0.306 e. The van der Waals surface area contributed by atoms with Gasteiger partial charge in [-0.05, 0) is 36.7 Å². The molecule has 1 rings (SSSR count). The van der Waals surface area contributed by atoms with Gasteiger partial charge in [-0.2, -0.15) is 11.8 Å². The van der Waals surface area contributed by atoms with E-state index in [2.05, 4.69) is 0 Å². The van der Waals surface area contributed by atoms with Crippen LogP contribution in [0.4, 0.5) is 0 Å². The van der Waals surface area contributed by atoms with Crippen molar-refractivity contribution in [3.8, 4) is 0 Å². The van der Waals surface area contributed by atoms with Crippen LogP contribution in [0.1, 0.15) is 26.2 Å². The summed E-state index contributed by atoms with van der Waals surface area (Å²) >= 11 is 1.90. The first-order chi connectivity index (χ1) is 5.75. The minimum atomic E-state index is -0.606. The molecule has 0 bridgehead atoms.